The van der Waals surface area contributed by atoms with E-state index < -0.39 is 28.9 Å². The number of halogens is 3. The van der Waals surface area contributed by atoms with Gasteiger partial charge in [-0.3, -0.25) is 9.59 Å². The Kier molecular flexibility index (Phi) is 3.67. The summed E-state index contributed by atoms with van der Waals surface area (Å²) in [7, 11) is 0. The maximum atomic E-state index is 12.7. The molecule has 0 atom stereocenters. The number of fused-ring (bicyclic) bond motifs is 1. The molecule has 0 fully saturated rings. The van der Waals surface area contributed by atoms with Crippen LogP contribution in [0, 0.1) is 6.92 Å². The fraction of sp³-hybridized carbons (Fsp3) is 0.125. The summed E-state index contributed by atoms with van der Waals surface area (Å²) < 4.78 is 43.6. The number of anilines is 1. The third-order valence-electron chi connectivity index (χ3n) is 3.53. The Morgan fingerprint density at radius 3 is 2.62 bits per heavy atom. The SMILES string of the molecule is Cc1c(C(=O)Nc2cc(C(F)(F)F)c[nH]c2=O)oc2ccccc12. The van der Waals surface area contributed by atoms with Gasteiger partial charge in [-0.1, -0.05) is 18.2 Å². The number of alkyl halides is 3. The molecular weight excluding hydrogens is 325 g/mol. The van der Waals surface area contributed by atoms with Gasteiger partial charge in [-0.25, -0.2) is 0 Å². The highest BCUT2D eigenvalue weighted by Gasteiger charge is 2.31. The highest BCUT2D eigenvalue weighted by atomic mass is 19.4. The zero-order chi connectivity index (χ0) is 17.5. The summed E-state index contributed by atoms with van der Waals surface area (Å²) in [6.45, 7) is 1.65. The number of hydrogen-bond donors (Lipinski definition) is 2. The van der Waals surface area contributed by atoms with E-state index in [9.17, 15) is 22.8 Å². The number of carbonyl (C=O) groups is 1. The van der Waals surface area contributed by atoms with Gasteiger partial charge in [-0.15, -0.1) is 0 Å². The summed E-state index contributed by atoms with van der Waals surface area (Å²) >= 11 is 0. The largest absolute Gasteiger partial charge is 0.451 e. The second-order valence-corrected chi connectivity index (χ2v) is 5.14. The quantitative estimate of drug-likeness (QED) is 0.749. The number of H-pyrrole nitrogens is 1. The van der Waals surface area contributed by atoms with Crippen LogP contribution >= 0.6 is 0 Å². The summed E-state index contributed by atoms with van der Waals surface area (Å²) in [5.74, 6) is -0.860. The predicted octanol–water partition coefficient (Wildman–Crippen LogP) is 3.70. The lowest BCUT2D eigenvalue weighted by Crippen LogP contribution is -2.21. The summed E-state index contributed by atoms with van der Waals surface area (Å²) in [6, 6.07) is 7.49. The molecule has 0 aliphatic rings. The summed E-state index contributed by atoms with van der Waals surface area (Å²) in [6.07, 6.45) is -4.09. The Balaban J connectivity index is 1.97. The van der Waals surface area contributed by atoms with Crippen LogP contribution in [0.3, 0.4) is 0 Å². The van der Waals surface area contributed by atoms with Gasteiger partial charge in [-0.05, 0) is 19.1 Å². The number of aromatic nitrogens is 1. The molecule has 2 N–H and O–H groups in total. The second kappa shape index (κ2) is 5.55. The number of rotatable bonds is 2. The number of benzene rings is 1. The van der Waals surface area contributed by atoms with Gasteiger partial charge in [0.2, 0.25) is 0 Å². The van der Waals surface area contributed by atoms with Crippen LogP contribution in [-0.2, 0) is 6.18 Å². The highest BCUT2D eigenvalue weighted by molar-refractivity contribution is 6.06. The number of carbonyl (C=O) groups excluding carboxylic acids is 1. The number of para-hydroxylation sites is 1. The molecule has 1 aromatic carbocycles. The van der Waals surface area contributed by atoms with E-state index in [0.717, 1.165) is 0 Å². The molecule has 3 aromatic rings. The zero-order valence-corrected chi connectivity index (χ0v) is 12.3. The van der Waals surface area contributed by atoms with Crippen LogP contribution in [0.4, 0.5) is 18.9 Å². The van der Waals surface area contributed by atoms with Gasteiger partial charge in [-0.2, -0.15) is 13.2 Å². The van der Waals surface area contributed by atoms with Gasteiger partial charge >= 0.3 is 6.18 Å². The van der Waals surface area contributed by atoms with Crippen LogP contribution < -0.4 is 10.9 Å². The Morgan fingerprint density at radius 2 is 1.96 bits per heavy atom. The molecular formula is C16H11F3N2O3. The van der Waals surface area contributed by atoms with Gasteiger partial charge in [0.15, 0.2) is 5.76 Å². The average molecular weight is 336 g/mol. The zero-order valence-electron chi connectivity index (χ0n) is 12.3. The standard InChI is InChI=1S/C16H11F3N2O3/c1-8-10-4-2-3-5-12(10)24-13(8)15(23)21-11-6-9(16(17,18)19)7-20-14(11)22/h2-7H,1H3,(H,20,22)(H,21,23). The van der Waals surface area contributed by atoms with Crippen LogP contribution in [0.15, 0.2) is 45.7 Å². The van der Waals surface area contributed by atoms with Crippen molar-refractivity contribution >= 4 is 22.6 Å². The van der Waals surface area contributed by atoms with Crippen LogP contribution in [-0.4, -0.2) is 10.9 Å². The number of hydrogen-bond acceptors (Lipinski definition) is 3. The van der Waals surface area contributed by atoms with E-state index in [4.69, 9.17) is 4.42 Å². The van der Waals surface area contributed by atoms with Crippen molar-refractivity contribution in [1.82, 2.24) is 4.98 Å². The van der Waals surface area contributed by atoms with Crippen molar-refractivity contribution < 1.29 is 22.4 Å². The molecule has 2 aromatic heterocycles. The van der Waals surface area contributed by atoms with Crippen molar-refractivity contribution in [3.63, 3.8) is 0 Å². The monoisotopic (exact) mass is 336 g/mol. The smallest absolute Gasteiger partial charge is 0.417 e. The summed E-state index contributed by atoms with van der Waals surface area (Å²) in [4.78, 5) is 25.9. The number of nitrogens with one attached hydrogen (secondary N) is 2. The van der Waals surface area contributed by atoms with E-state index in [-0.39, 0.29) is 5.76 Å². The molecule has 1 amide bonds. The number of aromatic amines is 1. The van der Waals surface area contributed by atoms with Crippen molar-refractivity contribution in [3.8, 4) is 0 Å². The molecule has 0 aliphatic heterocycles. The highest BCUT2D eigenvalue weighted by Crippen LogP contribution is 2.29. The number of pyridine rings is 1. The minimum atomic E-state index is -4.64. The Labute approximate surface area is 133 Å². The maximum Gasteiger partial charge on any atom is 0.417 e. The number of amides is 1. The summed E-state index contributed by atoms with van der Waals surface area (Å²) in [5, 5.41) is 2.87. The van der Waals surface area contributed by atoms with Crippen LogP contribution in [0.25, 0.3) is 11.0 Å². The second-order valence-electron chi connectivity index (χ2n) is 5.14. The molecule has 124 valence electrons. The average Bonchev–Trinajstić information content (AvgIpc) is 2.86. The van der Waals surface area contributed by atoms with Gasteiger partial charge in [0, 0.05) is 17.1 Å². The molecule has 8 heteroatoms. The first kappa shape index (κ1) is 15.9. The molecule has 24 heavy (non-hydrogen) atoms. The molecule has 5 nitrogen and oxygen atoms in total. The van der Waals surface area contributed by atoms with Gasteiger partial charge in [0.05, 0.1) is 5.56 Å². The first-order chi connectivity index (χ1) is 11.3. The molecule has 0 aliphatic carbocycles. The van der Waals surface area contributed by atoms with Crippen molar-refractivity contribution in [2.24, 2.45) is 0 Å². The lowest BCUT2D eigenvalue weighted by Gasteiger charge is -2.08. The maximum absolute atomic E-state index is 12.7. The van der Waals surface area contributed by atoms with Crippen molar-refractivity contribution in [2.45, 2.75) is 13.1 Å². The number of aryl methyl sites for hydroxylation is 1. The molecule has 0 saturated carbocycles. The minimum Gasteiger partial charge on any atom is -0.451 e. The van der Waals surface area contributed by atoms with E-state index in [2.05, 4.69) is 5.32 Å². The van der Waals surface area contributed by atoms with Crippen molar-refractivity contribution in [2.75, 3.05) is 5.32 Å². The van der Waals surface area contributed by atoms with E-state index in [1.54, 1.807) is 31.2 Å². The summed E-state index contributed by atoms with van der Waals surface area (Å²) in [5.41, 5.74) is -1.41. The minimum absolute atomic E-state index is 0.0620. The third-order valence-corrected chi connectivity index (χ3v) is 3.53. The first-order valence-electron chi connectivity index (χ1n) is 6.87. The molecule has 0 radical (unpaired) electrons. The van der Waals surface area contributed by atoms with Gasteiger partial charge in [0.1, 0.15) is 11.3 Å². The third kappa shape index (κ3) is 2.78. The van der Waals surface area contributed by atoms with Crippen LogP contribution in [0.5, 0.6) is 0 Å². The van der Waals surface area contributed by atoms with Crippen molar-refractivity contribution in [1.29, 1.82) is 0 Å². The molecule has 3 rings (SSSR count). The molecule has 0 bridgehead atoms. The fourth-order valence-corrected chi connectivity index (χ4v) is 2.31. The lowest BCUT2D eigenvalue weighted by atomic mass is 10.1. The topological polar surface area (TPSA) is 75.1 Å². The van der Waals surface area contributed by atoms with E-state index in [0.29, 0.717) is 28.8 Å². The number of furan rings is 1. The van der Waals surface area contributed by atoms with Gasteiger partial charge in [0.25, 0.3) is 11.5 Å². The lowest BCUT2D eigenvalue weighted by molar-refractivity contribution is -0.137. The van der Waals surface area contributed by atoms with Gasteiger partial charge < -0.3 is 14.7 Å². The Morgan fingerprint density at radius 1 is 1.25 bits per heavy atom. The van der Waals surface area contributed by atoms with Crippen molar-refractivity contribution in [3.05, 3.63) is 63.8 Å². The van der Waals surface area contributed by atoms with Crippen LogP contribution in [0.2, 0.25) is 0 Å². The van der Waals surface area contributed by atoms with E-state index in [1.807, 2.05) is 4.98 Å². The molecule has 0 spiro atoms. The molecule has 0 saturated heterocycles. The Bertz CT molecular complexity index is 986. The Hall–Kier alpha value is -3.03. The van der Waals surface area contributed by atoms with E-state index >= 15 is 0 Å². The molecule has 0 unspecified atom stereocenters. The normalized spacial score (nSPS) is 11.7. The first-order valence-corrected chi connectivity index (χ1v) is 6.87. The molecule has 2 heterocycles. The van der Waals surface area contributed by atoms with E-state index in [1.165, 1.54) is 0 Å². The fourth-order valence-electron chi connectivity index (χ4n) is 2.31. The van der Waals surface area contributed by atoms with Crippen LogP contribution in [0.1, 0.15) is 21.7 Å². The predicted molar refractivity (Wildman–Crippen MR) is 81.0 cm³/mol.